The van der Waals surface area contributed by atoms with Gasteiger partial charge in [-0.3, -0.25) is 0 Å². The van der Waals surface area contributed by atoms with Gasteiger partial charge in [0.15, 0.2) is 0 Å². The number of allylic oxidation sites excluding steroid dienone is 1. The molecule has 0 aliphatic heterocycles. The Morgan fingerprint density at radius 3 is 2.67 bits per heavy atom. The van der Waals surface area contributed by atoms with Crippen LogP contribution in [0.2, 0.25) is 0 Å². The van der Waals surface area contributed by atoms with E-state index in [1.165, 1.54) is 6.20 Å². The predicted molar refractivity (Wildman–Crippen MR) is 47.9 cm³/mol. The summed E-state index contributed by atoms with van der Waals surface area (Å²) in [4.78, 5) is 0. The van der Waals surface area contributed by atoms with E-state index in [9.17, 15) is 0 Å². The van der Waals surface area contributed by atoms with Crippen molar-refractivity contribution in [2.75, 3.05) is 5.32 Å². The molecule has 0 aliphatic carbocycles. The number of hydrogen-bond donors (Lipinski definition) is 2. The minimum absolute atomic E-state index is 0.166. The first-order valence-corrected chi connectivity index (χ1v) is 3.50. The van der Waals surface area contributed by atoms with Crippen molar-refractivity contribution < 1.29 is 0 Å². The van der Waals surface area contributed by atoms with Crippen LogP contribution in [0, 0.1) is 11.3 Å². The Hall–Kier alpha value is -1.95. The van der Waals surface area contributed by atoms with Crippen LogP contribution >= 0.6 is 0 Å². The quantitative estimate of drug-likeness (QED) is 0.641. The number of anilines is 1. The van der Waals surface area contributed by atoms with Crippen molar-refractivity contribution in [3.05, 3.63) is 42.2 Å². The zero-order chi connectivity index (χ0) is 8.81. The lowest BCUT2D eigenvalue weighted by atomic mass is 10.3. The van der Waals surface area contributed by atoms with Crippen LogP contribution < -0.4 is 11.1 Å². The molecular weight excluding hydrogens is 150 g/mol. The summed E-state index contributed by atoms with van der Waals surface area (Å²) in [5.74, 6) is 0. The third kappa shape index (κ3) is 2.35. The molecule has 0 amide bonds. The smallest absolute Gasteiger partial charge is 0.127 e. The highest BCUT2D eigenvalue weighted by Crippen LogP contribution is 2.04. The van der Waals surface area contributed by atoms with Crippen molar-refractivity contribution in [3.8, 4) is 6.07 Å². The lowest BCUT2D eigenvalue weighted by Crippen LogP contribution is -1.97. The first-order valence-electron chi connectivity index (χ1n) is 3.50. The van der Waals surface area contributed by atoms with E-state index in [1.54, 1.807) is 0 Å². The number of rotatable bonds is 2. The van der Waals surface area contributed by atoms with Crippen LogP contribution in [0.5, 0.6) is 0 Å². The topological polar surface area (TPSA) is 61.8 Å². The van der Waals surface area contributed by atoms with E-state index in [0.717, 1.165) is 5.69 Å². The minimum atomic E-state index is 0.166. The largest absolute Gasteiger partial charge is 0.389 e. The number of nitrogens with one attached hydrogen (secondary N) is 1. The molecule has 0 saturated carbocycles. The standard InChI is InChI=1S/C9H9N3/c10-6-8(11)7-12-9-4-2-1-3-5-9/h1-5,7,12H,11H2/b8-7+. The summed E-state index contributed by atoms with van der Waals surface area (Å²) in [6.45, 7) is 0. The normalized spacial score (nSPS) is 10.4. The molecule has 0 spiro atoms. The Bertz CT molecular complexity index is 308. The molecule has 0 radical (unpaired) electrons. The number of nitrogens with zero attached hydrogens (tertiary/aromatic N) is 1. The van der Waals surface area contributed by atoms with Crippen LogP contribution in [0.15, 0.2) is 42.2 Å². The van der Waals surface area contributed by atoms with E-state index < -0.39 is 0 Å². The highest BCUT2D eigenvalue weighted by molar-refractivity contribution is 5.46. The highest BCUT2D eigenvalue weighted by Gasteiger charge is 1.86. The number of nitrogens with two attached hydrogens (primary N) is 1. The van der Waals surface area contributed by atoms with Gasteiger partial charge in [-0.15, -0.1) is 0 Å². The van der Waals surface area contributed by atoms with Gasteiger partial charge in [-0.1, -0.05) is 18.2 Å². The Morgan fingerprint density at radius 2 is 2.08 bits per heavy atom. The molecule has 1 rings (SSSR count). The monoisotopic (exact) mass is 159 g/mol. The maximum atomic E-state index is 8.33. The van der Waals surface area contributed by atoms with Gasteiger partial charge in [0.1, 0.15) is 11.8 Å². The van der Waals surface area contributed by atoms with Gasteiger partial charge >= 0.3 is 0 Å². The van der Waals surface area contributed by atoms with Gasteiger partial charge < -0.3 is 11.1 Å². The fourth-order valence-corrected chi connectivity index (χ4v) is 0.728. The molecule has 0 aliphatic rings. The second kappa shape index (κ2) is 4.04. The van der Waals surface area contributed by atoms with Crippen molar-refractivity contribution in [1.82, 2.24) is 0 Å². The molecule has 0 fully saturated rings. The number of benzene rings is 1. The molecule has 0 bridgehead atoms. The van der Waals surface area contributed by atoms with Gasteiger partial charge in [0, 0.05) is 11.9 Å². The Morgan fingerprint density at radius 1 is 1.42 bits per heavy atom. The second-order valence-electron chi connectivity index (χ2n) is 2.22. The van der Waals surface area contributed by atoms with Crippen LogP contribution in [0.25, 0.3) is 0 Å². The molecule has 1 aromatic rings. The maximum absolute atomic E-state index is 8.33. The molecule has 1 aromatic carbocycles. The molecule has 3 nitrogen and oxygen atoms in total. The van der Waals surface area contributed by atoms with Crippen molar-refractivity contribution in [3.63, 3.8) is 0 Å². The molecular formula is C9H9N3. The summed E-state index contributed by atoms with van der Waals surface area (Å²) in [6.07, 6.45) is 1.47. The molecule has 0 aromatic heterocycles. The van der Waals surface area contributed by atoms with Crippen molar-refractivity contribution >= 4 is 5.69 Å². The van der Waals surface area contributed by atoms with Gasteiger partial charge in [-0.25, -0.2) is 0 Å². The van der Waals surface area contributed by atoms with Gasteiger partial charge in [0.05, 0.1) is 0 Å². The third-order valence-electron chi connectivity index (χ3n) is 1.30. The summed E-state index contributed by atoms with van der Waals surface area (Å²) < 4.78 is 0. The lowest BCUT2D eigenvalue weighted by molar-refractivity contribution is 1.37. The van der Waals surface area contributed by atoms with Crippen LogP contribution in [0.1, 0.15) is 0 Å². The van der Waals surface area contributed by atoms with Crippen molar-refractivity contribution in [2.45, 2.75) is 0 Å². The lowest BCUT2D eigenvalue weighted by Gasteiger charge is -1.98. The van der Waals surface area contributed by atoms with E-state index in [1.807, 2.05) is 36.4 Å². The summed E-state index contributed by atoms with van der Waals surface area (Å²) in [6, 6.07) is 11.3. The average Bonchev–Trinajstić information content (AvgIpc) is 2.16. The molecule has 3 heteroatoms. The van der Waals surface area contributed by atoms with E-state index in [4.69, 9.17) is 11.0 Å². The Labute approximate surface area is 71.1 Å². The van der Waals surface area contributed by atoms with Crippen LogP contribution in [-0.4, -0.2) is 0 Å². The van der Waals surface area contributed by atoms with E-state index in [0.29, 0.717) is 0 Å². The summed E-state index contributed by atoms with van der Waals surface area (Å²) >= 11 is 0. The fraction of sp³-hybridized carbons (Fsp3) is 0. The number of para-hydroxylation sites is 1. The Kier molecular flexibility index (Phi) is 2.74. The first kappa shape index (κ1) is 8.15. The van der Waals surface area contributed by atoms with Crippen molar-refractivity contribution in [1.29, 1.82) is 5.26 Å². The zero-order valence-electron chi connectivity index (χ0n) is 6.49. The minimum Gasteiger partial charge on any atom is -0.389 e. The van der Waals surface area contributed by atoms with Crippen LogP contribution in [0.3, 0.4) is 0 Å². The van der Waals surface area contributed by atoms with Crippen molar-refractivity contribution in [2.24, 2.45) is 5.73 Å². The van der Waals surface area contributed by atoms with Gasteiger partial charge in [0.25, 0.3) is 0 Å². The second-order valence-corrected chi connectivity index (χ2v) is 2.22. The molecule has 0 heterocycles. The summed E-state index contributed by atoms with van der Waals surface area (Å²) in [7, 11) is 0. The van der Waals surface area contributed by atoms with E-state index >= 15 is 0 Å². The molecule has 3 N–H and O–H groups in total. The van der Waals surface area contributed by atoms with Gasteiger partial charge in [0.2, 0.25) is 0 Å². The predicted octanol–water partition coefficient (Wildman–Crippen LogP) is 1.42. The number of nitriles is 1. The Balaban J connectivity index is 2.61. The van der Waals surface area contributed by atoms with Crippen LogP contribution in [-0.2, 0) is 0 Å². The molecule has 12 heavy (non-hydrogen) atoms. The molecule has 0 unspecified atom stereocenters. The third-order valence-corrected chi connectivity index (χ3v) is 1.30. The molecule has 0 saturated heterocycles. The summed E-state index contributed by atoms with van der Waals surface area (Å²) in [5.41, 5.74) is 6.34. The average molecular weight is 159 g/mol. The SMILES string of the molecule is N#C/C(N)=C\Nc1ccccc1. The van der Waals surface area contributed by atoms with E-state index in [-0.39, 0.29) is 5.70 Å². The fourth-order valence-electron chi connectivity index (χ4n) is 0.728. The molecule has 60 valence electrons. The van der Waals surface area contributed by atoms with Crippen LogP contribution in [0.4, 0.5) is 5.69 Å². The van der Waals surface area contributed by atoms with Gasteiger partial charge in [-0.2, -0.15) is 5.26 Å². The zero-order valence-corrected chi connectivity index (χ0v) is 6.49. The van der Waals surface area contributed by atoms with E-state index in [2.05, 4.69) is 5.32 Å². The highest BCUT2D eigenvalue weighted by atomic mass is 14.9. The molecule has 0 atom stereocenters. The number of hydrogen-bond acceptors (Lipinski definition) is 3. The first-order chi connectivity index (χ1) is 5.83. The maximum Gasteiger partial charge on any atom is 0.127 e. The van der Waals surface area contributed by atoms with Gasteiger partial charge in [-0.05, 0) is 12.1 Å². The summed E-state index contributed by atoms with van der Waals surface area (Å²) in [5, 5.41) is 11.2.